The van der Waals surface area contributed by atoms with E-state index >= 15 is 0 Å². The fourth-order valence-corrected chi connectivity index (χ4v) is 2.05. The highest BCUT2D eigenvalue weighted by atomic mass is 35.5. The van der Waals surface area contributed by atoms with E-state index in [9.17, 15) is 0 Å². The standard InChI is InChI=1S/C14H15Cl2N2/c1-14(2,3)13-6-7-18(17-13)9-10-4-5-11(15)8-12(10)16/h4-6,8H,9H2,1-3H3. The summed E-state index contributed by atoms with van der Waals surface area (Å²) in [5.74, 6) is 0. The van der Waals surface area contributed by atoms with Crippen LogP contribution in [0.4, 0.5) is 0 Å². The molecular formula is C14H15Cl2N2. The minimum absolute atomic E-state index is 0.0333. The first-order valence-electron chi connectivity index (χ1n) is 5.76. The lowest BCUT2D eigenvalue weighted by Gasteiger charge is -2.14. The van der Waals surface area contributed by atoms with Gasteiger partial charge < -0.3 is 0 Å². The molecule has 2 rings (SSSR count). The summed E-state index contributed by atoms with van der Waals surface area (Å²) in [6.07, 6.45) is 3.12. The molecule has 0 saturated carbocycles. The molecule has 0 fully saturated rings. The fraction of sp³-hybridized carbons (Fsp3) is 0.357. The van der Waals surface area contributed by atoms with Crippen molar-refractivity contribution in [2.75, 3.05) is 0 Å². The third-order valence-corrected chi connectivity index (χ3v) is 3.27. The zero-order valence-corrected chi connectivity index (χ0v) is 12.2. The van der Waals surface area contributed by atoms with Gasteiger partial charge in [-0.2, -0.15) is 5.10 Å². The van der Waals surface area contributed by atoms with E-state index in [2.05, 4.69) is 32.1 Å². The summed E-state index contributed by atoms with van der Waals surface area (Å²) in [6.45, 7) is 6.99. The normalized spacial score (nSPS) is 11.8. The van der Waals surface area contributed by atoms with E-state index in [1.807, 2.05) is 18.2 Å². The summed E-state index contributed by atoms with van der Waals surface area (Å²) in [5, 5.41) is 5.81. The average molecular weight is 282 g/mol. The first kappa shape index (κ1) is 13.4. The maximum atomic E-state index is 6.14. The van der Waals surface area contributed by atoms with Crippen molar-refractivity contribution in [1.29, 1.82) is 0 Å². The highest BCUT2D eigenvalue weighted by Gasteiger charge is 2.17. The number of benzene rings is 1. The molecule has 95 valence electrons. The molecule has 1 heterocycles. The molecule has 0 saturated heterocycles. The summed E-state index contributed by atoms with van der Waals surface area (Å²) in [7, 11) is 0. The molecule has 1 aromatic carbocycles. The average Bonchev–Trinajstić information content (AvgIpc) is 2.70. The van der Waals surface area contributed by atoms with Gasteiger partial charge in [-0.3, -0.25) is 4.68 Å². The predicted octanol–water partition coefficient (Wildman–Crippen LogP) is 4.34. The Kier molecular flexibility index (Phi) is 3.69. The van der Waals surface area contributed by atoms with Crippen molar-refractivity contribution in [2.45, 2.75) is 32.7 Å². The van der Waals surface area contributed by atoms with Crippen LogP contribution in [0.1, 0.15) is 32.0 Å². The summed E-state index contributed by atoms with van der Waals surface area (Å²) < 4.78 is 1.77. The van der Waals surface area contributed by atoms with Gasteiger partial charge in [0.05, 0.1) is 18.4 Å². The van der Waals surface area contributed by atoms with Crippen molar-refractivity contribution < 1.29 is 0 Å². The van der Waals surface area contributed by atoms with Gasteiger partial charge in [0.25, 0.3) is 0 Å². The van der Waals surface area contributed by atoms with Crippen LogP contribution in [0.5, 0.6) is 0 Å². The van der Waals surface area contributed by atoms with Gasteiger partial charge in [0, 0.05) is 15.5 Å². The van der Waals surface area contributed by atoms with Gasteiger partial charge in [-0.25, -0.2) is 0 Å². The Labute approximate surface area is 118 Å². The maximum absolute atomic E-state index is 6.14. The summed E-state index contributed by atoms with van der Waals surface area (Å²) in [4.78, 5) is 0. The van der Waals surface area contributed by atoms with E-state index < -0.39 is 0 Å². The molecular weight excluding hydrogens is 267 g/mol. The number of halogens is 2. The fourth-order valence-electron chi connectivity index (χ4n) is 1.58. The molecule has 1 radical (unpaired) electrons. The van der Waals surface area contributed by atoms with Gasteiger partial charge in [0.1, 0.15) is 0 Å². The van der Waals surface area contributed by atoms with Gasteiger partial charge in [0.15, 0.2) is 0 Å². The number of rotatable bonds is 2. The third-order valence-electron chi connectivity index (χ3n) is 2.68. The van der Waals surface area contributed by atoms with Crippen LogP contribution in [0.2, 0.25) is 10.0 Å². The molecule has 18 heavy (non-hydrogen) atoms. The topological polar surface area (TPSA) is 17.8 Å². The third kappa shape index (κ3) is 3.06. The minimum atomic E-state index is 0.0333. The second kappa shape index (κ2) is 4.94. The molecule has 2 aromatic rings. The number of aromatic nitrogens is 2. The van der Waals surface area contributed by atoms with Crippen LogP contribution in [0.25, 0.3) is 0 Å². The molecule has 0 bridgehead atoms. The monoisotopic (exact) mass is 281 g/mol. The summed E-state index contributed by atoms with van der Waals surface area (Å²) in [5.41, 5.74) is 2.04. The van der Waals surface area contributed by atoms with E-state index in [0.29, 0.717) is 16.6 Å². The van der Waals surface area contributed by atoms with Crippen molar-refractivity contribution >= 4 is 23.2 Å². The highest BCUT2D eigenvalue weighted by Crippen LogP contribution is 2.23. The lowest BCUT2D eigenvalue weighted by Crippen LogP contribution is -2.13. The lowest BCUT2D eigenvalue weighted by molar-refractivity contribution is 0.544. The summed E-state index contributed by atoms with van der Waals surface area (Å²) >= 11 is 12.0. The van der Waals surface area contributed by atoms with Crippen molar-refractivity contribution in [1.82, 2.24) is 9.78 Å². The molecule has 0 aliphatic rings. The van der Waals surface area contributed by atoms with Crippen LogP contribution in [0.3, 0.4) is 0 Å². The predicted molar refractivity (Wildman–Crippen MR) is 75.3 cm³/mol. The molecule has 0 unspecified atom stereocenters. The number of hydrogen-bond acceptors (Lipinski definition) is 1. The van der Waals surface area contributed by atoms with Crippen LogP contribution >= 0.6 is 23.2 Å². The maximum Gasteiger partial charge on any atom is 0.0870 e. The van der Waals surface area contributed by atoms with Crippen LogP contribution in [-0.4, -0.2) is 9.78 Å². The van der Waals surface area contributed by atoms with Crippen LogP contribution < -0.4 is 0 Å². The molecule has 0 aliphatic heterocycles. The SMILES string of the molecule is CC(C)(C)c1c[c]n(Cc2ccc(Cl)cc2Cl)n1. The Balaban J connectivity index is 2.21. The zero-order chi connectivity index (χ0) is 13.3. The molecule has 0 N–H and O–H groups in total. The Hall–Kier alpha value is -0.990. The van der Waals surface area contributed by atoms with Gasteiger partial charge >= 0.3 is 0 Å². The van der Waals surface area contributed by atoms with Gasteiger partial charge in [-0.05, 0) is 23.8 Å². The number of nitrogens with zero attached hydrogens (tertiary/aromatic N) is 2. The summed E-state index contributed by atoms with van der Waals surface area (Å²) in [6, 6.07) is 7.41. The van der Waals surface area contributed by atoms with Crippen molar-refractivity contribution in [3.8, 4) is 0 Å². The van der Waals surface area contributed by atoms with Gasteiger partial charge in [-0.15, -0.1) is 0 Å². The van der Waals surface area contributed by atoms with Crippen molar-refractivity contribution in [3.05, 3.63) is 51.8 Å². The Morgan fingerprint density at radius 3 is 2.56 bits per heavy atom. The van der Waals surface area contributed by atoms with E-state index in [0.717, 1.165) is 11.3 Å². The van der Waals surface area contributed by atoms with Gasteiger partial charge in [-0.1, -0.05) is 50.0 Å². The Bertz CT molecular complexity index is 553. The van der Waals surface area contributed by atoms with Crippen LogP contribution in [-0.2, 0) is 12.0 Å². The molecule has 0 aliphatic carbocycles. The van der Waals surface area contributed by atoms with Gasteiger partial charge in [0.2, 0.25) is 0 Å². The Morgan fingerprint density at radius 2 is 2.00 bits per heavy atom. The molecule has 0 atom stereocenters. The van der Waals surface area contributed by atoms with E-state index in [1.165, 1.54) is 0 Å². The van der Waals surface area contributed by atoms with E-state index in [4.69, 9.17) is 23.2 Å². The van der Waals surface area contributed by atoms with E-state index in [1.54, 1.807) is 10.7 Å². The van der Waals surface area contributed by atoms with E-state index in [-0.39, 0.29) is 5.41 Å². The van der Waals surface area contributed by atoms with Crippen LogP contribution in [0, 0.1) is 6.20 Å². The van der Waals surface area contributed by atoms with Crippen molar-refractivity contribution in [2.24, 2.45) is 0 Å². The minimum Gasteiger partial charge on any atom is -0.259 e. The zero-order valence-electron chi connectivity index (χ0n) is 10.7. The largest absolute Gasteiger partial charge is 0.259 e. The Morgan fingerprint density at radius 1 is 1.28 bits per heavy atom. The smallest absolute Gasteiger partial charge is 0.0870 e. The molecule has 0 amide bonds. The molecule has 1 aromatic heterocycles. The molecule has 4 heteroatoms. The first-order valence-corrected chi connectivity index (χ1v) is 6.52. The second-order valence-electron chi connectivity index (χ2n) is 5.30. The lowest BCUT2D eigenvalue weighted by atomic mass is 9.93. The van der Waals surface area contributed by atoms with Crippen molar-refractivity contribution in [3.63, 3.8) is 0 Å². The second-order valence-corrected chi connectivity index (χ2v) is 6.15. The molecule has 2 nitrogen and oxygen atoms in total. The van der Waals surface area contributed by atoms with Crippen LogP contribution in [0.15, 0.2) is 24.3 Å². The highest BCUT2D eigenvalue weighted by molar-refractivity contribution is 6.35. The number of hydrogen-bond donors (Lipinski definition) is 0. The molecule has 0 spiro atoms. The quantitative estimate of drug-likeness (QED) is 0.801. The first-order chi connectivity index (χ1) is 8.36.